The summed E-state index contributed by atoms with van der Waals surface area (Å²) >= 11 is 0. The maximum atomic E-state index is 9.92. The lowest BCUT2D eigenvalue weighted by Gasteiger charge is -2.14. The van der Waals surface area contributed by atoms with Gasteiger partial charge in [0.15, 0.2) is 0 Å². The van der Waals surface area contributed by atoms with Gasteiger partial charge in [0.05, 0.1) is 6.61 Å². The quantitative estimate of drug-likeness (QED) is 0.414. The van der Waals surface area contributed by atoms with Crippen LogP contribution in [0.3, 0.4) is 0 Å². The number of nitrogens with two attached hydrogens (primary N) is 1. The predicted octanol–water partition coefficient (Wildman–Crippen LogP) is 1.33. The third-order valence-electron chi connectivity index (χ3n) is 3.47. The van der Waals surface area contributed by atoms with Gasteiger partial charge in [0.1, 0.15) is 18.5 Å². The Hall–Kier alpha value is -2.08. The molecule has 1 atom stereocenters. The Morgan fingerprint density at radius 1 is 1.09 bits per heavy atom. The second-order valence-electron chi connectivity index (χ2n) is 5.47. The van der Waals surface area contributed by atoms with Crippen LogP contribution in [0.4, 0.5) is 5.69 Å². The van der Waals surface area contributed by atoms with Crippen molar-refractivity contribution in [2.75, 3.05) is 25.4 Å². The van der Waals surface area contributed by atoms with Gasteiger partial charge in [0.2, 0.25) is 0 Å². The van der Waals surface area contributed by atoms with Crippen molar-refractivity contribution in [1.29, 1.82) is 0 Å². The molecular formula is C18H24N2O3. The molecule has 0 unspecified atom stereocenters. The van der Waals surface area contributed by atoms with E-state index in [4.69, 9.17) is 15.6 Å². The van der Waals surface area contributed by atoms with Gasteiger partial charge in [-0.3, -0.25) is 0 Å². The minimum Gasteiger partial charge on any atom is -0.491 e. The van der Waals surface area contributed by atoms with E-state index in [0.717, 1.165) is 24.2 Å². The summed E-state index contributed by atoms with van der Waals surface area (Å²) in [6.07, 6.45) is 0.297. The smallest absolute Gasteiger partial charge is 0.119 e. The summed E-state index contributed by atoms with van der Waals surface area (Å²) in [5, 5.41) is 22.2. The lowest BCUT2D eigenvalue weighted by atomic mass is 10.1. The van der Waals surface area contributed by atoms with Crippen molar-refractivity contribution in [3.8, 4) is 5.75 Å². The van der Waals surface area contributed by atoms with E-state index in [2.05, 4.69) is 5.32 Å². The van der Waals surface area contributed by atoms with Crippen molar-refractivity contribution >= 4 is 5.69 Å². The fourth-order valence-electron chi connectivity index (χ4n) is 2.17. The molecule has 2 aromatic rings. The molecule has 124 valence electrons. The molecule has 0 aliphatic rings. The Balaban J connectivity index is 1.63. The Labute approximate surface area is 136 Å². The number of hydrogen-bond acceptors (Lipinski definition) is 5. The first kappa shape index (κ1) is 17.3. The molecule has 0 fully saturated rings. The van der Waals surface area contributed by atoms with E-state index in [1.54, 1.807) is 12.1 Å². The molecule has 2 aromatic carbocycles. The minimum atomic E-state index is -0.584. The maximum absolute atomic E-state index is 9.92. The Morgan fingerprint density at radius 3 is 2.61 bits per heavy atom. The molecule has 5 nitrogen and oxygen atoms in total. The van der Waals surface area contributed by atoms with Crippen LogP contribution in [0.5, 0.6) is 5.75 Å². The molecule has 0 spiro atoms. The van der Waals surface area contributed by atoms with Gasteiger partial charge < -0.3 is 26.0 Å². The van der Waals surface area contributed by atoms with Crippen LogP contribution in [0, 0.1) is 0 Å². The number of aliphatic hydroxyl groups excluding tert-OH is 2. The number of benzene rings is 2. The molecule has 0 amide bonds. The molecule has 5 heteroatoms. The van der Waals surface area contributed by atoms with Crippen molar-refractivity contribution in [1.82, 2.24) is 5.32 Å². The van der Waals surface area contributed by atoms with Crippen LogP contribution in [0.25, 0.3) is 0 Å². The largest absolute Gasteiger partial charge is 0.491 e. The first-order valence-corrected chi connectivity index (χ1v) is 7.73. The third-order valence-corrected chi connectivity index (χ3v) is 3.47. The molecule has 2 rings (SSSR count). The second-order valence-corrected chi connectivity index (χ2v) is 5.47. The fourth-order valence-corrected chi connectivity index (χ4v) is 2.17. The lowest BCUT2D eigenvalue weighted by molar-refractivity contribution is 0.106. The van der Waals surface area contributed by atoms with Crippen molar-refractivity contribution < 1.29 is 14.9 Å². The van der Waals surface area contributed by atoms with E-state index in [1.807, 2.05) is 36.4 Å². The Kier molecular flexibility index (Phi) is 6.87. The highest BCUT2D eigenvalue weighted by Crippen LogP contribution is 2.13. The van der Waals surface area contributed by atoms with E-state index in [9.17, 15) is 5.11 Å². The molecule has 5 N–H and O–H groups in total. The molecule has 23 heavy (non-hydrogen) atoms. The monoisotopic (exact) mass is 316 g/mol. The number of hydrogen-bond donors (Lipinski definition) is 4. The lowest BCUT2D eigenvalue weighted by Crippen LogP contribution is -2.32. The van der Waals surface area contributed by atoms with Gasteiger partial charge in [-0.15, -0.1) is 0 Å². The number of rotatable bonds is 9. The van der Waals surface area contributed by atoms with Gasteiger partial charge in [-0.25, -0.2) is 0 Å². The van der Waals surface area contributed by atoms with Crippen molar-refractivity contribution in [3.63, 3.8) is 0 Å². The number of nitrogens with one attached hydrogen (secondary N) is 1. The summed E-state index contributed by atoms with van der Waals surface area (Å²) in [5.41, 5.74) is 8.40. The first-order chi connectivity index (χ1) is 11.2. The highest BCUT2D eigenvalue weighted by Gasteiger charge is 2.05. The van der Waals surface area contributed by atoms with E-state index in [-0.39, 0.29) is 13.2 Å². The summed E-state index contributed by atoms with van der Waals surface area (Å²) in [4.78, 5) is 0. The summed E-state index contributed by atoms with van der Waals surface area (Å²) < 4.78 is 5.52. The van der Waals surface area contributed by atoms with Crippen molar-refractivity contribution in [2.45, 2.75) is 19.1 Å². The number of ether oxygens (including phenoxy) is 1. The predicted molar refractivity (Wildman–Crippen MR) is 91.3 cm³/mol. The fraction of sp³-hybridized carbons (Fsp3) is 0.333. The molecule has 0 radical (unpaired) electrons. The van der Waals surface area contributed by atoms with Gasteiger partial charge >= 0.3 is 0 Å². The summed E-state index contributed by atoms with van der Waals surface area (Å²) in [7, 11) is 0. The number of aliphatic hydroxyl groups is 2. The molecule has 0 aliphatic carbocycles. The van der Waals surface area contributed by atoms with Gasteiger partial charge in [-0.1, -0.05) is 24.3 Å². The SMILES string of the molecule is Nc1ccc(CCNC[C@H](O)COc2cccc(CO)c2)cc1. The molecule has 0 aliphatic heterocycles. The van der Waals surface area contributed by atoms with E-state index in [1.165, 1.54) is 5.56 Å². The zero-order valence-corrected chi connectivity index (χ0v) is 13.1. The third kappa shape index (κ3) is 6.28. The average Bonchev–Trinajstić information content (AvgIpc) is 2.58. The average molecular weight is 316 g/mol. The van der Waals surface area contributed by atoms with Crippen LogP contribution < -0.4 is 15.8 Å². The highest BCUT2D eigenvalue weighted by atomic mass is 16.5. The second kappa shape index (κ2) is 9.15. The Morgan fingerprint density at radius 2 is 1.87 bits per heavy atom. The van der Waals surface area contributed by atoms with Crippen LogP contribution in [-0.4, -0.2) is 36.0 Å². The topological polar surface area (TPSA) is 87.7 Å². The Bertz CT molecular complexity index is 587. The number of nitrogen functional groups attached to an aromatic ring is 1. The molecule has 0 saturated carbocycles. The van der Waals surface area contributed by atoms with Gasteiger partial charge in [0, 0.05) is 12.2 Å². The van der Waals surface area contributed by atoms with E-state index < -0.39 is 6.10 Å². The zero-order chi connectivity index (χ0) is 16.5. The maximum Gasteiger partial charge on any atom is 0.119 e. The van der Waals surface area contributed by atoms with E-state index in [0.29, 0.717) is 12.3 Å². The van der Waals surface area contributed by atoms with Crippen LogP contribution in [0.1, 0.15) is 11.1 Å². The van der Waals surface area contributed by atoms with Crippen molar-refractivity contribution in [3.05, 3.63) is 59.7 Å². The van der Waals surface area contributed by atoms with Crippen LogP contribution in [0.2, 0.25) is 0 Å². The van der Waals surface area contributed by atoms with Crippen LogP contribution >= 0.6 is 0 Å². The van der Waals surface area contributed by atoms with Crippen LogP contribution in [-0.2, 0) is 13.0 Å². The van der Waals surface area contributed by atoms with E-state index >= 15 is 0 Å². The summed E-state index contributed by atoms with van der Waals surface area (Å²) in [5.74, 6) is 0.650. The van der Waals surface area contributed by atoms with Crippen LogP contribution in [0.15, 0.2) is 48.5 Å². The standard InChI is InChI=1S/C18H24N2O3/c19-16-6-4-14(5-7-16)8-9-20-11-17(22)13-23-18-3-1-2-15(10-18)12-21/h1-7,10,17,20-22H,8-9,11-13,19H2/t17-/m0/s1. The zero-order valence-electron chi connectivity index (χ0n) is 13.1. The minimum absolute atomic E-state index is 0.0214. The molecule has 0 saturated heterocycles. The summed E-state index contributed by atoms with van der Waals surface area (Å²) in [6.45, 7) is 1.44. The molecule has 0 heterocycles. The number of anilines is 1. The normalized spacial score (nSPS) is 12.1. The molecule has 0 bridgehead atoms. The van der Waals surface area contributed by atoms with Gasteiger partial charge in [0.25, 0.3) is 0 Å². The molecule has 0 aromatic heterocycles. The molecular weight excluding hydrogens is 292 g/mol. The van der Waals surface area contributed by atoms with Crippen molar-refractivity contribution in [2.24, 2.45) is 0 Å². The first-order valence-electron chi connectivity index (χ1n) is 7.73. The highest BCUT2D eigenvalue weighted by molar-refractivity contribution is 5.39. The van der Waals surface area contributed by atoms with Gasteiger partial charge in [-0.2, -0.15) is 0 Å². The van der Waals surface area contributed by atoms with Gasteiger partial charge in [-0.05, 0) is 48.4 Å². The summed E-state index contributed by atoms with van der Waals surface area (Å²) in [6, 6.07) is 15.0.